The molecule has 11 rings (SSSR count). The first-order valence-corrected chi connectivity index (χ1v) is 18.3. The van der Waals surface area contributed by atoms with E-state index in [4.69, 9.17) is 9.97 Å². The minimum atomic E-state index is 0.822. The molecule has 54 heavy (non-hydrogen) atoms. The molecule has 0 radical (unpaired) electrons. The average molecular weight is 689 g/mol. The van der Waals surface area contributed by atoms with Gasteiger partial charge >= 0.3 is 0 Å². The number of para-hydroxylation sites is 4. The van der Waals surface area contributed by atoms with Gasteiger partial charge in [0.05, 0.1) is 33.1 Å². The third-order valence-electron chi connectivity index (χ3n) is 10.7. The fourth-order valence-electron chi connectivity index (χ4n) is 8.19. The third-order valence-corrected chi connectivity index (χ3v) is 10.7. The number of hydrogen-bond donors (Lipinski definition) is 0. The molecule has 0 bridgehead atoms. The van der Waals surface area contributed by atoms with E-state index in [1.165, 1.54) is 54.8 Å². The minimum absolute atomic E-state index is 0.822. The summed E-state index contributed by atoms with van der Waals surface area (Å²) in [7, 11) is 0. The number of rotatable bonds is 5. The summed E-state index contributed by atoms with van der Waals surface area (Å²) >= 11 is 0. The van der Waals surface area contributed by atoms with E-state index in [0.29, 0.717) is 0 Å². The van der Waals surface area contributed by atoms with E-state index < -0.39 is 0 Å². The molecule has 4 nitrogen and oxygen atoms in total. The molecule has 0 aliphatic heterocycles. The highest BCUT2D eigenvalue weighted by molar-refractivity contribution is 6.13. The molecule has 0 fully saturated rings. The van der Waals surface area contributed by atoms with E-state index in [1.807, 2.05) is 30.3 Å². The van der Waals surface area contributed by atoms with Crippen LogP contribution >= 0.6 is 0 Å². The molecule has 0 saturated carbocycles. The maximum Gasteiger partial charge on any atom is 0.165 e. The van der Waals surface area contributed by atoms with Crippen LogP contribution in [0.5, 0.6) is 0 Å². The van der Waals surface area contributed by atoms with Crippen LogP contribution in [0.25, 0.3) is 99.7 Å². The Morgan fingerprint density at radius 3 is 1.37 bits per heavy atom. The Morgan fingerprint density at radius 1 is 0.296 bits per heavy atom. The van der Waals surface area contributed by atoms with Crippen LogP contribution in [0.15, 0.2) is 194 Å². The maximum absolute atomic E-state index is 5.29. The van der Waals surface area contributed by atoms with Gasteiger partial charge in [-0.05, 0) is 89.0 Å². The lowest BCUT2D eigenvalue weighted by atomic mass is 9.99. The van der Waals surface area contributed by atoms with E-state index in [1.54, 1.807) is 0 Å². The van der Waals surface area contributed by atoms with Crippen molar-refractivity contribution >= 4 is 54.6 Å². The van der Waals surface area contributed by atoms with Crippen molar-refractivity contribution in [2.24, 2.45) is 0 Å². The van der Waals surface area contributed by atoms with Crippen molar-refractivity contribution < 1.29 is 0 Å². The Bertz CT molecular complexity index is 3200. The molecule has 0 aliphatic carbocycles. The SMILES string of the molecule is c1ccc(-c2ccc3c(c2)c2cc(-c4ccc5c(c4)c4ccccc4n5-c4nc5ccccc5nc4-c4ccccc4)ccc2n3-c2ccccc2)cc1. The first-order valence-electron chi connectivity index (χ1n) is 18.3. The van der Waals surface area contributed by atoms with Crippen LogP contribution in [0, 0.1) is 0 Å². The number of nitrogens with zero attached hydrogens (tertiary/aromatic N) is 4. The smallest absolute Gasteiger partial charge is 0.165 e. The molecule has 0 saturated heterocycles. The fraction of sp³-hybridized carbons (Fsp3) is 0. The Balaban J connectivity index is 1.13. The zero-order valence-electron chi connectivity index (χ0n) is 29.3. The predicted octanol–water partition coefficient (Wildman–Crippen LogP) is 12.8. The van der Waals surface area contributed by atoms with E-state index >= 15 is 0 Å². The largest absolute Gasteiger partial charge is 0.309 e. The third kappa shape index (κ3) is 4.78. The van der Waals surface area contributed by atoms with Gasteiger partial charge in [-0.2, -0.15) is 0 Å². The summed E-state index contributed by atoms with van der Waals surface area (Å²) < 4.78 is 4.67. The Labute approximate surface area is 311 Å². The second-order valence-corrected chi connectivity index (χ2v) is 13.8. The van der Waals surface area contributed by atoms with Crippen LogP contribution in [0.1, 0.15) is 0 Å². The van der Waals surface area contributed by atoms with Gasteiger partial charge in [0.15, 0.2) is 5.82 Å². The summed E-state index contributed by atoms with van der Waals surface area (Å²) in [6.07, 6.45) is 0. The molecule has 0 aliphatic rings. The molecule has 0 spiro atoms. The lowest BCUT2D eigenvalue weighted by Gasteiger charge is -2.14. The van der Waals surface area contributed by atoms with Gasteiger partial charge in [-0.25, -0.2) is 9.97 Å². The molecular weight excluding hydrogens is 657 g/mol. The summed E-state index contributed by atoms with van der Waals surface area (Å²) in [6, 6.07) is 69.1. The van der Waals surface area contributed by atoms with Gasteiger partial charge in [-0.1, -0.05) is 127 Å². The molecule has 8 aromatic carbocycles. The lowest BCUT2D eigenvalue weighted by Crippen LogP contribution is -2.03. The van der Waals surface area contributed by atoms with Crippen molar-refractivity contribution in [2.75, 3.05) is 0 Å². The van der Waals surface area contributed by atoms with Crippen LogP contribution in [0.2, 0.25) is 0 Å². The molecule has 0 unspecified atom stereocenters. The molecule has 4 heteroatoms. The maximum atomic E-state index is 5.29. The van der Waals surface area contributed by atoms with Crippen molar-refractivity contribution in [2.45, 2.75) is 0 Å². The van der Waals surface area contributed by atoms with Crippen LogP contribution < -0.4 is 0 Å². The van der Waals surface area contributed by atoms with E-state index in [0.717, 1.165) is 44.8 Å². The first-order chi connectivity index (χ1) is 26.8. The molecule has 0 N–H and O–H groups in total. The first kappa shape index (κ1) is 30.3. The molecule has 0 amide bonds. The quantitative estimate of drug-likeness (QED) is 0.180. The summed E-state index contributed by atoms with van der Waals surface area (Å²) in [6.45, 7) is 0. The monoisotopic (exact) mass is 688 g/mol. The molecular formula is C50H32N4. The molecule has 11 aromatic rings. The Kier molecular flexibility index (Phi) is 6.82. The number of fused-ring (bicyclic) bond motifs is 7. The molecule has 0 atom stereocenters. The Hall–Kier alpha value is -7.30. The predicted molar refractivity (Wildman–Crippen MR) is 225 cm³/mol. The average Bonchev–Trinajstić information content (AvgIpc) is 3.76. The van der Waals surface area contributed by atoms with Crippen molar-refractivity contribution in [1.82, 2.24) is 19.1 Å². The zero-order chi connectivity index (χ0) is 35.6. The second-order valence-electron chi connectivity index (χ2n) is 13.8. The molecule has 3 heterocycles. The van der Waals surface area contributed by atoms with Gasteiger partial charge in [0.25, 0.3) is 0 Å². The lowest BCUT2D eigenvalue weighted by molar-refractivity contribution is 1.08. The normalized spacial score (nSPS) is 11.7. The minimum Gasteiger partial charge on any atom is -0.309 e. The summed E-state index contributed by atoms with van der Waals surface area (Å²) in [5.41, 5.74) is 14.1. The van der Waals surface area contributed by atoms with Crippen LogP contribution in [-0.4, -0.2) is 19.1 Å². The van der Waals surface area contributed by atoms with Crippen LogP contribution in [0.4, 0.5) is 0 Å². The summed E-state index contributed by atoms with van der Waals surface area (Å²) in [4.78, 5) is 10.5. The standard InChI is InChI=1S/C50H32N4/c1-4-14-33(15-5-1)35-24-27-46-41(30-35)42-32-37(25-28-47(42)53(46)38-18-8-3-9-19-38)36-26-29-48-40(31-36)39-20-10-13-23-45(39)54(48)50-49(34-16-6-2-7-17-34)51-43-21-11-12-22-44(43)52-50/h1-32H. The zero-order valence-corrected chi connectivity index (χ0v) is 29.3. The van der Waals surface area contributed by atoms with E-state index in [-0.39, 0.29) is 0 Å². The molecule has 252 valence electrons. The van der Waals surface area contributed by atoms with Crippen molar-refractivity contribution in [1.29, 1.82) is 0 Å². The van der Waals surface area contributed by atoms with Gasteiger partial charge in [0, 0.05) is 32.8 Å². The van der Waals surface area contributed by atoms with E-state index in [9.17, 15) is 0 Å². The van der Waals surface area contributed by atoms with Crippen molar-refractivity contribution in [3.05, 3.63) is 194 Å². The number of benzene rings is 8. The van der Waals surface area contributed by atoms with Gasteiger partial charge in [-0.3, -0.25) is 4.57 Å². The van der Waals surface area contributed by atoms with Gasteiger partial charge < -0.3 is 4.57 Å². The van der Waals surface area contributed by atoms with E-state index in [2.05, 4.69) is 173 Å². The Morgan fingerprint density at radius 2 is 0.741 bits per heavy atom. The highest BCUT2D eigenvalue weighted by Crippen LogP contribution is 2.40. The van der Waals surface area contributed by atoms with Gasteiger partial charge in [0.1, 0.15) is 5.69 Å². The van der Waals surface area contributed by atoms with Gasteiger partial charge in [0.2, 0.25) is 0 Å². The van der Waals surface area contributed by atoms with Crippen molar-refractivity contribution in [3.8, 4) is 45.0 Å². The number of hydrogen-bond acceptors (Lipinski definition) is 2. The summed E-state index contributed by atoms with van der Waals surface area (Å²) in [5.74, 6) is 0.822. The topological polar surface area (TPSA) is 35.6 Å². The van der Waals surface area contributed by atoms with Crippen molar-refractivity contribution in [3.63, 3.8) is 0 Å². The van der Waals surface area contributed by atoms with Gasteiger partial charge in [-0.15, -0.1) is 0 Å². The summed E-state index contributed by atoms with van der Waals surface area (Å²) in [5, 5.41) is 4.82. The second kappa shape index (κ2) is 12.1. The molecule has 3 aromatic heterocycles. The number of aromatic nitrogens is 4. The van der Waals surface area contributed by atoms with Crippen LogP contribution in [0.3, 0.4) is 0 Å². The van der Waals surface area contributed by atoms with Crippen LogP contribution in [-0.2, 0) is 0 Å². The fourth-order valence-corrected chi connectivity index (χ4v) is 8.19. The highest BCUT2D eigenvalue weighted by atomic mass is 15.1. The highest BCUT2D eigenvalue weighted by Gasteiger charge is 2.20.